The number of hydrogen-bond acceptors (Lipinski definition) is 3. The third-order valence-corrected chi connectivity index (χ3v) is 3.89. The number of aromatic nitrogens is 2. The third kappa shape index (κ3) is 4.07. The molecule has 0 saturated heterocycles. The van der Waals surface area contributed by atoms with E-state index in [2.05, 4.69) is 41.6 Å². The van der Waals surface area contributed by atoms with E-state index in [1.165, 1.54) is 5.56 Å². The molecule has 0 aliphatic carbocycles. The van der Waals surface area contributed by atoms with Gasteiger partial charge in [-0.05, 0) is 24.6 Å². The minimum Gasteiger partial charge on any atom is -0.361 e. The van der Waals surface area contributed by atoms with E-state index >= 15 is 0 Å². The number of nitrogens with one attached hydrogen (secondary N) is 1. The third-order valence-electron chi connectivity index (χ3n) is 3.89. The summed E-state index contributed by atoms with van der Waals surface area (Å²) in [6.45, 7) is 2.23. The van der Waals surface area contributed by atoms with Crippen molar-refractivity contribution in [1.82, 2.24) is 9.78 Å². The van der Waals surface area contributed by atoms with Crippen molar-refractivity contribution >= 4 is 17.4 Å². The SMILES string of the molecule is Cc1ccc(-c2cn(CC(=O)Nc3ccccc3)nc2N(C)C)cc1. The van der Waals surface area contributed by atoms with Crippen LogP contribution in [0.15, 0.2) is 60.8 Å². The molecule has 5 nitrogen and oxygen atoms in total. The zero-order chi connectivity index (χ0) is 17.8. The second-order valence-electron chi connectivity index (χ2n) is 6.24. The molecule has 0 bridgehead atoms. The summed E-state index contributed by atoms with van der Waals surface area (Å²) in [6.07, 6.45) is 1.92. The molecule has 0 unspecified atom stereocenters. The number of carbonyl (C=O) groups is 1. The van der Waals surface area contributed by atoms with Crippen molar-refractivity contribution in [3.63, 3.8) is 0 Å². The van der Waals surface area contributed by atoms with E-state index in [1.54, 1.807) is 4.68 Å². The van der Waals surface area contributed by atoms with Gasteiger partial charge >= 0.3 is 0 Å². The van der Waals surface area contributed by atoms with Gasteiger partial charge in [0.2, 0.25) is 5.91 Å². The monoisotopic (exact) mass is 334 g/mol. The van der Waals surface area contributed by atoms with Gasteiger partial charge in [0.05, 0.1) is 0 Å². The lowest BCUT2D eigenvalue weighted by molar-refractivity contribution is -0.116. The van der Waals surface area contributed by atoms with Crippen LogP contribution >= 0.6 is 0 Å². The molecule has 0 atom stereocenters. The Morgan fingerprint density at radius 1 is 1.08 bits per heavy atom. The molecule has 5 heteroatoms. The van der Waals surface area contributed by atoms with Gasteiger partial charge < -0.3 is 10.2 Å². The molecule has 25 heavy (non-hydrogen) atoms. The average molecular weight is 334 g/mol. The van der Waals surface area contributed by atoms with Gasteiger partial charge in [0, 0.05) is 31.5 Å². The number of hydrogen-bond donors (Lipinski definition) is 1. The zero-order valence-electron chi connectivity index (χ0n) is 14.7. The minimum atomic E-state index is -0.102. The summed E-state index contributed by atoms with van der Waals surface area (Å²) in [7, 11) is 3.91. The first-order valence-corrected chi connectivity index (χ1v) is 8.19. The van der Waals surface area contributed by atoms with Crippen LogP contribution in [0.3, 0.4) is 0 Å². The predicted octanol–water partition coefficient (Wildman–Crippen LogP) is 3.56. The molecule has 2 aromatic carbocycles. The van der Waals surface area contributed by atoms with E-state index in [-0.39, 0.29) is 12.5 Å². The summed E-state index contributed by atoms with van der Waals surface area (Å²) in [5.74, 6) is 0.742. The Morgan fingerprint density at radius 2 is 1.76 bits per heavy atom. The molecular weight excluding hydrogens is 312 g/mol. The number of rotatable bonds is 5. The number of aryl methyl sites for hydroxylation is 1. The highest BCUT2D eigenvalue weighted by molar-refractivity contribution is 5.90. The molecular formula is C20H22N4O. The first-order chi connectivity index (χ1) is 12.0. The van der Waals surface area contributed by atoms with Crippen molar-refractivity contribution in [2.75, 3.05) is 24.3 Å². The fraction of sp³-hybridized carbons (Fsp3) is 0.200. The Morgan fingerprint density at radius 3 is 2.40 bits per heavy atom. The summed E-state index contributed by atoms with van der Waals surface area (Å²) in [6, 6.07) is 17.7. The van der Waals surface area contributed by atoms with Gasteiger partial charge in [-0.15, -0.1) is 0 Å². The van der Waals surface area contributed by atoms with Crippen LogP contribution in [0.5, 0.6) is 0 Å². The van der Waals surface area contributed by atoms with Gasteiger partial charge in [0.15, 0.2) is 5.82 Å². The highest BCUT2D eigenvalue weighted by atomic mass is 16.2. The maximum Gasteiger partial charge on any atom is 0.246 e. The van der Waals surface area contributed by atoms with E-state index in [9.17, 15) is 4.79 Å². The van der Waals surface area contributed by atoms with Crippen LogP contribution in [0.1, 0.15) is 5.56 Å². The van der Waals surface area contributed by atoms with Crippen LogP contribution in [-0.4, -0.2) is 29.8 Å². The smallest absolute Gasteiger partial charge is 0.246 e. The van der Waals surface area contributed by atoms with E-state index in [0.29, 0.717) is 0 Å². The molecule has 0 fully saturated rings. The average Bonchev–Trinajstić information content (AvgIpc) is 3.00. The van der Waals surface area contributed by atoms with Crippen LogP contribution in [0.25, 0.3) is 11.1 Å². The lowest BCUT2D eigenvalue weighted by Gasteiger charge is -2.11. The number of nitrogens with zero attached hydrogens (tertiary/aromatic N) is 3. The summed E-state index contributed by atoms with van der Waals surface area (Å²) in [4.78, 5) is 14.2. The van der Waals surface area contributed by atoms with Gasteiger partial charge in [-0.25, -0.2) is 0 Å². The normalized spacial score (nSPS) is 10.5. The fourth-order valence-corrected chi connectivity index (χ4v) is 2.63. The molecule has 0 aliphatic rings. The molecule has 0 radical (unpaired) electrons. The van der Waals surface area contributed by atoms with Gasteiger partial charge in [0.25, 0.3) is 0 Å². The van der Waals surface area contributed by atoms with Crippen LogP contribution in [0.4, 0.5) is 11.5 Å². The molecule has 1 aromatic heterocycles. The standard InChI is InChI=1S/C20H22N4O/c1-15-9-11-16(12-10-15)18-13-24(22-20(18)23(2)3)14-19(25)21-17-7-5-4-6-8-17/h4-13H,14H2,1-3H3,(H,21,25). The first-order valence-electron chi connectivity index (χ1n) is 8.19. The van der Waals surface area contributed by atoms with Crippen LogP contribution in [-0.2, 0) is 11.3 Å². The van der Waals surface area contributed by atoms with Crippen molar-refractivity contribution in [1.29, 1.82) is 0 Å². The Hall–Kier alpha value is -3.08. The molecule has 3 rings (SSSR count). The summed E-state index contributed by atoms with van der Waals surface area (Å²) < 4.78 is 1.68. The van der Waals surface area contributed by atoms with Crippen molar-refractivity contribution in [2.24, 2.45) is 0 Å². The molecule has 1 N–H and O–H groups in total. The molecule has 128 valence electrons. The number of benzene rings is 2. The summed E-state index contributed by atoms with van der Waals surface area (Å²) in [5.41, 5.74) is 4.09. The minimum absolute atomic E-state index is 0.102. The quantitative estimate of drug-likeness (QED) is 0.776. The van der Waals surface area contributed by atoms with Gasteiger partial charge in [-0.1, -0.05) is 48.0 Å². The molecule has 0 aliphatic heterocycles. The van der Waals surface area contributed by atoms with Crippen molar-refractivity contribution in [3.05, 3.63) is 66.4 Å². The number of amides is 1. The highest BCUT2D eigenvalue weighted by Gasteiger charge is 2.14. The largest absolute Gasteiger partial charge is 0.361 e. The van der Waals surface area contributed by atoms with Crippen molar-refractivity contribution in [3.8, 4) is 11.1 Å². The molecule has 0 spiro atoms. The number of carbonyl (C=O) groups excluding carboxylic acids is 1. The highest BCUT2D eigenvalue weighted by Crippen LogP contribution is 2.28. The molecule has 1 heterocycles. The van der Waals surface area contributed by atoms with E-state index in [4.69, 9.17) is 0 Å². The van der Waals surface area contributed by atoms with Gasteiger partial charge in [-0.3, -0.25) is 9.48 Å². The van der Waals surface area contributed by atoms with Crippen LogP contribution < -0.4 is 10.2 Å². The van der Waals surface area contributed by atoms with E-state index < -0.39 is 0 Å². The van der Waals surface area contributed by atoms with Crippen LogP contribution in [0.2, 0.25) is 0 Å². The number of anilines is 2. The topological polar surface area (TPSA) is 50.2 Å². The fourth-order valence-electron chi connectivity index (χ4n) is 2.63. The molecule has 3 aromatic rings. The molecule has 1 amide bonds. The summed E-state index contributed by atoms with van der Waals surface area (Å²) in [5, 5.41) is 7.45. The second-order valence-corrected chi connectivity index (χ2v) is 6.24. The Balaban J connectivity index is 1.81. The molecule has 0 saturated carbocycles. The van der Waals surface area contributed by atoms with Gasteiger partial charge in [-0.2, -0.15) is 5.10 Å². The predicted molar refractivity (Wildman–Crippen MR) is 102 cm³/mol. The first kappa shape index (κ1) is 16.8. The Bertz CT molecular complexity index is 851. The van der Waals surface area contributed by atoms with E-state index in [0.717, 1.165) is 22.6 Å². The summed E-state index contributed by atoms with van der Waals surface area (Å²) >= 11 is 0. The second kappa shape index (κ2) is 7.21. The van der Waals surface area contributed by atoms with E-state index in [1.807, 2.05) is 55.5 Å². The lowest BCUT2D eigenvalue weighted by atomic mass is 10.1. The zero-order valence-corrected chi connectivity index (χ0v) is 14.7. The van der Waals surface area contributed by atoms with Crippen molar-refractivity contribution in [2.45, 2.75) is 13.5 Å². The van der Waals surface area contributed by atoms with Crippen molar-refractivity contribution < 1.29 is 4.79 Å². The van der Waals surface area contributed by atoms with Crippen LogP contribution in [0, 0.1) is 6.92 Å². The number of para-hydroxylation sites is 1. The Labute approximate surface area is 147 Å². The van der Waals surface area contributed by atoms with Gasteiger partial charge in [0.1, 0.15) is 6.54 Å². The maximum absolute atomic E-state index is 12.3. The maximum atomic E-state index is 12.3. The lowest BCUT2D eigenvalue weighted by Crippen LogP contribution is -2.19. The Kier molecular flexibility index (Phi) is 4.84.